The maximum Gasteiger partial charge on any atom is 0.190 e. The summed E-state index contributed by atoms with van der Waals surface area (Å²) < 4.78 is 9.81. The molecule has 8 nitrogen and oxygen atoms in total. The molecule has 1 aliphatic heterocycles. The Hall–Kier alpha value is -0.320. The summed E-state index contributed by atoms with van der Waals surface area (Å²) in [6.07, 6.45) is -7.26. The summed E-state index contributed by atoms with van der Waals surface area (Å²) in [5.41, 5.74) is 0. The molecule has 0 radical (unpaired) electrons. The highest BCUT2D eigenvalue weighted by Gasteiger charge is 2.46. The fourth-order valence-electron chi connectivity index (χ4n) is 1.45. The molecule has 6 N–H and O–H groups in total. The number of hydrogen-bond donors (Lipinski definition) is 6. The van der Waals surface area contributed by atoms with E-state index in [9.17, 15) is 20.4 Å². The van der Waals surface area contributed by atoms with Gasteiger partial charge in [-0.2, -0.15) is 0 Å². The molecule has 1 fully saturated rings. The molecule has 1 unspecified atom stereocenters. The number of hydrogen-bond acceptors (Lipinski definition) is 8. The molecule has 8 heteroatoms. The van der Waals surface area contributed by atoms with Gasteiger partial charge in [0.15, 0.2) is 12.1 Å². The molecular weight excluding hydrogens is 236 g/mol. The summed E-state index contributed by atoms with van der Waals surface area (Å²) >= 11 is 0. The normalized spacial score (nSPS) is 42.2. The van der Waals surface area contributed by atoms with E-state index in [1.54, 1.807) is 0 Å². The van der Waals surface area contributed by atoms with Gasteiger partial charge in [0.05, 0.1) is 13.2 Å². The largest absolute Gasteiger partial charge is 0.394 e. The average molecular weight is 254 g/mol. The lowest BCUT2D eigenvalue weighted by Gasteiger charge is -2.41. The monoisotopic (exact) mass is 254 g/mol. The molecule has 0 amide bonds. The maximum absolute atomic E-state index is 9.55. The van der Waals surface area contributed by atoms with Crippen LogP contribution in [0, 0.1) is 0 Å². The fourth-order valence-corrected chi connectivity index (χ4v) is 1.45. The minimum Gasteiger partial charge on any atom is -0.394 e. The highest BCUT2D eigenvalue weighted by Crippen LogP contribution is 2.24. The zero-order valence-corrected chi connectivity index (χ0v) is 9.30. The summed E-state index contributed by atoms with van der Waals surface area (Å²) in [7, 11) is 0. The zero-order chi connectivity index (χ0) is 13.2. The molecule has 6 atom stereocenters. The summed E-state index contributed by atoms with van der Waals surface area (Å²) in [6.45, 7) is -0.206. The van der Waals surface area contributed by atoms with Crippen LogP contribution in [-0.4, -0.2) is 80.3 Å². The molecule has 1 rings (SSSR count). The zero-order valence-electron chi connectivity index (χ0n) is 9.30. The Labute approximate surface area is 97.6 Å². The quantitative estimate of drug-likeness (QED) is 0.284. The summed E-state index contributed by atoms with van der Waals surface area (Å²) in [5.74, 6) is -1.96. The third kappa shape index (κ3) is 3.33. The van der Waals surface area contributed by atoms with Crippen LogP contribution < -0.4 is 0 Å². The van der Waals surface area contributed by atoms with Gasteiger partial charge in [0.2, 0.25) is 0 Å². The lowest BCUT2D eigenvalue weighted by atomic mass is 9.99. The minimum absolute atomic E-state index is 0.591. The third-order valence-electron chi connectivity index (χ3n) is 2.51. The van der Waals surface area contributed by atoms with Crippen LogP contribution in [0.4, 0.5) is 0 Å². The summed E-state index contributed by atoms with van der Waals surface area (Å²) in [5, 5.41) is 55.5. The highest BCUT2D eigenvalue weighted by molar-refractivity contribution is 4.89. The van der Waals surface area contributed by atoms with Crippen molar-refractivity contribution in [2.45, 2.75) is 43.4 Å². The van der Waals surface area contributed by atoms with E-state index in [1.807, 2.05) is 0 Å². The Morgan fingerprint density at radius 3 is 2.18 bits per heavy atom. The Morgan fingerprint density at radius 2 is 1.71 bits per heavy atom. The van der Waals surface area contributed by atoms with Crippen LogP contribution in [0.15, 0.2) is 0 Å². The van der Waals surface area contributed by atoms with Gasteiger partial charge in [-0.05, 0) is 6.92 Å². The van der Waals surface area contributed by atoms with Crippen molar-refractivity contribution in [1.29, 1.82) is 0 Å². The van der Waals surface area contributed by atoms with Gasteiger partial charge in [0, 0.05) is 0 Å². The van der Waals surface area contributed by atoms with Crippen molar-refractivity contribution in [2.24, 2.45) is 0 Å². The summed E-state index contributed by atoms with van der Waals surface area (Å²) in [4.78, 5) is 0. The maximum atomic E-state index is 9.55. The van der Waals surface area contributed by atoms with Crippen molar-refractivity contribution in [3.8, 4) is 0 Å². The first-order chi connectivity index (χ1) is 7.82. The molecule has 1 saturated heterocycles. The minimum atomic E-state index is -1.96. The first-order valence-electron chi connectivity index (χ1n) is 5.14. The Balaban J connectivity index is 2.72. The van der Waals surface area contributed by atoms with Crippen molar-refractivity contribution in [2.75, 3.05) is 13.2 Å². The van der Waals surface area contributed by atoms with Crippen molar-refractivity contribution in [3.63, 3.8) is 0 Å². The van der Waals surface area contributed by atoms with E-state index in [0.717, 1.165) is 6.92 Å². The Morgan fingerprint density at radius 1 is 1.12 bits per heavy atom. The van der Waals surface area contributed by atoms with Gasteiger partial charge in [0.1, 0.15) is 24.4 Å². The van der Waals surface area contributed by atoms with Crippen molar-refractivity contribution >= 4 is 0 Å². The van der Waals surface area contributed by atoms with Gasteiger partial charge < -0.3 is 40.1 Å². The number of rotatable bonds is 4. The van der Waals surface area contributed by atoms with Crippen LogP contribution in [-0.2, 0) is 9.47 Å². The van der Waals surface area contributed by atoms with E-state index in [-0.39, 0.29) is 0 Å². The molecule has 0 aliphatic carbocycles. The van der Waals surface area contributed by atoms with E-state index in [0.29, 0.717) is 0 Å². The fraction of sp³-hybridized carbons (Fsp3) is 1.00. The van der Waals surface area contributed by atoms with Gasteiger partial charge in [0.25, 0.3) is 0 Å². The van der Waals surface area contributed by atoms with Gasteiger partial charge in [-0.25, -0.2) is 0 Å². The predicted octanol–water partition coefficient (Wildman–Crippen LogP) is -3.50. The smallest absolute Gasteiger partial charge is 0.190 e. The molecule has 1 aliphatic rings. The number of aliphatic hydroxyl groups excluding tert-OH is 5. The molecule has 0 aromatic carbocycles. The molecule has 0 saturated carbocycles. The number of ether oxygens (including phenoxy) is 2. The van der Waals surface area contributed by atoms with E-state index in [1.165, 1.54) is 0 Å². The highest BCUT2D eigenvalue weighted by atomic mass is 16.8. The van der Waals surface area contributed by atoms with Gasteiger partial charge in [-0.1, -0.05) is 0 Å². The van der Waals surface area contributed by atoms with Gasteiger partial charge >= 0.3 is 0 Å². The van der Waals surface area contributed by atoms with Crippen LogP contribution in [0.5, 0.6) is 0 Å². The van der Waals surface area contributed by atoms with Gasteiger partial charge in [-0.3, -0.25) is 0 Å². The third-order valence-corrected chi connectivity index (χ3v) is 2.51. The molecule has 0 spiro atoms. The van der Waals surface area contributed by atoms with Crippen LogP contribution >= 0.6 is 0 Å². The Bertz CT molecular complexity index is 243. The second kappa shape index (κ2) is 5.55. The molecule has 0 bridgehead atoms. The molecular formula is C9H18O8. The second-order valence-electron chi connectivity index (χ2n) is 4.15. The second-order valence-corrected chi connectivity index (χ2v) is 4.15. The number of aliphatic hydroxyl groups is 6. The molecule has 102 valence electrons. The van der Waals surface area contributed by atoms with E-state index in [4.69, 9.17) is 19.7 Å². The van der Waals surface area contributed by atoms with Crippen molar-refractivity contribution < 1.29 is 40.1 Å². The first-order valence-corrected chi connectivity index (χ1v) is 5.14. The van der Waals surface area contributed by atoms with Crippen LogP contribution in [0.3, 0.4) is 0 Å². The van der Waals surface area contributed by atoms with Crippen LogP contribution in [0.25, 0.3) is 0 Å². The summed E-state index contributed by atoms with van der Waals surface area (Å²) in [6, 6.07) is 0. The lowest BCUT2D eigenvalue weighted by molar-refractivity contribution is -0.362. The van der Waals surface area contributed by atoms with Gasteiger partial charge in [-0.15, -0.1) is 0 Å². The van der Waals surface area contributed by atoms with Crippen molar-refractivity contribution in [3.05, 3.63) is 0 Å². The molecule has 0 aromatic rings. The Kier molecular flexibility index (Phi) is 4.81. The van der Waals surface area contributed by atoms with Crippen LogP contribution in [0.2, 0.25) is 0 Å². The van der Waals surface area contributed by atoms with Crippen molar-refractivity contribution in [1.82, 2.24) is 0 Å². The molecule has 17 heavy (non-hydrogen) atoms. The average Bonchev–Trinajstić information content (AvgIpc) is 2.30. The first kappa shape index (κ1) is 14.7. The lowest BCUT2D eigenvalue weighted by Crippen LogP contribution is -2.60. The molecule has 0 aromatic heterocycles. The standard InChI is InChI=1S/C9H18O8/c1-9(15,3-11)17-8-7(14)6(13)5(12)4(2-10)16-8/h4-8,10-15H,2-3H2,1H3/t4-,5-,6+,7+,8-,9?/m1/s1. The van der Waals surface area contributed by atoms with E-state index >= 15 is 0 Å². The topological polar surface area (TPSA) is 140 Å². The van der Waals surface area contributed by atoms with E-state index < -0.39 is 49.7 Å². The molecule has 1 heterocycles. The predicted molar refractivity (Wildman–Crippen MR) is 52.6 cm³/mol. The van der Waals surface area contributed by atoms with E-state index in [2.05, 4.69) is 0 Å². The SMILES string of the molecule is CC(O)(CO)O[C@H]1O[C@H](CO)[C@@H](O)[C@H](O)[C@@H]1O. The van der Waals surface area contributed by atoms with Crippen LogP contribution in [0.1, 0.15) is 6.92 Å².